The number of furan rings is 1. The van der Waals surface area contributed by atoms with E-state index in [2.05, 4.69) is 15.6 Å². The molecule has 4 rings (SSSR count). The fourth-order valence-corrected chi connectivity index (χ4v) is 4.23. The Morgan fingerprint density at radius 3 is 2.70 bits per heavy atom. The molecule has 3 aromatic heterocycles. The van der Waals surface area contributed by atoms with E-state index in [0.29, 0.717) is 16.0 Å². The molecule has 0 saturated heterocycles. The van der Waals surface area contributed by atoms with E-state index in [1.165, 1.54) is 28.5 Å². The number of nitrogens with one attached hydrogen (secondary N) is 2. The van der Waals surface area contributed by atoms with Gasteiger partial charge >= 0.3 is 6.03 Å². The first-order valence-electron chi connectivity index (χ1n) is 9.17. The first-order chi connectivity index (χ1) is 14.5. The number of fused-ring (bicyclic) bond motifs is 1. The highest BCUT2D eigenvalue weighted by Gasteiger charge is 2.17. The molecule has 9 heteroatoms. The van der Waals surface area contributed by atoms with Crippen molar-refractivity contribution in [2.45, 2.75) is 20.0 Å². The summed E-state index contributed by atoms with van der Waals surface area (Å²) in [5.41, 5.74) is 1.52. The van der Waals surface area contributed by atoms with E-state index >= 15 is 0 Å². The summed E-state index contributed by atoms with van der Waals surface area (Å²) in [6, 6.07) is 12.5. The van der Waals surface area contributed by atoms with Crippen LogP contribution in [-0.4, -0.2) is 21.5 Å². The van der Waals surface area contributed by atoms with Gasteiger partial charge in [0.05, 0.1) is 24.5 Å². The van der Waals surface area contributed by atoms with Gasteiger partial charge in [-0.25, -0.2) is 9.78 Å². The fourth-order valence-electron chi connectivity index (χ4n) is 3.08. The number of aryl methyl sites for hydroxylation is 1. The monoisotopic (exact) mass is 422 g/mol. The molecule has 1 aromatic carbocycles. The van der Waals surface area contributed by atoms with Crippen LogP contribution in [0.3, 0.4) is 0 Å². The molecule has 3 heterocycles. The molecule has 0 aliphatic rings. The van der Waals surface area contributed by atoms with Gasteiger partial charge in [0.1, 0.15) is 17.1 Å². The minimum absolute atomic E-state index is 0.149. The van der Waals surface area contributed by atoms with Gasteiger partial charge in [0.2, 0.25) is 5.91 Å². The zero-order valence-electron chi connectivity index (χ0n) is 16.0. The minimum Gasteiger partial charge on any atom is -0.467 e. The number of urea groups is 1. The van der Waals surface area contributed by atoms with Gasteiger partial charge in [-0.15, -0.1) is 11.3 Å². The molecule has 0 fully saturated rings. The van der Waals surface area contributed by atoms with E-state index in [0.717, 1.165) is 16.0 Å². The summed E-state index contributed by atoms with van der Waals surface area (Å²) in [6.07, 6.45) is 2.82. The average Bonchev–Trinajstić information content (AvgIpc) is 3.37. The standard InChI is InChI=1S/C21H18N4O4S/c1-13-17-19(30-18(13)14-6-3-2-4-7-14)23-12-25(20(17)27)11-16(26)24-21(28)22-10-15-8-5-9-29-15/h2-9,12H,10-11H2,1H3,(H2,22,24,26,28). The zero-order valence-corrected chi connectivity index (χ0v) is 16.9. The van der Waals surface area contributed by atoms with E-state index in [-0.39, 0.29) is 18.6 Å². The predicted molar refractivity (Wildman–Crippen MR) is 113 cm³/mol. The molecule has 8 nitrogen and oxygen atoms in total. The fraction of sp³-hybridized carbons (Fsp3) is 0.143. The number of thiophene rings is 1. The number of rotatable bonds is 5. The van der Waals surface area contributed by atoms with Crippen LogP contribution in [0.4, 0.5) is 4.79 Å². The lowest BCUT2D eigenvalue weighted by Crippen LogP contribution is -2.41. The Labute approximate surface area is 175 Å². The highest BCUT2D eigenvalue weighted by Crippen LogP contribution is 2.35. The molecule has 4 aromatic rings. The number of carbonyl (C=O) groups is 2. The van der Waals surface area contributed by atoms with Crippen LogP contribution < -0.4 is 16.2 Å². The van der Waals surface area contributed by atoms with Gasteiger partial charge in [-0.3, -0.25) is 19.5 Å². The molecular weight excluding hydrogens is 404 g/mol. The van der Waals surface area contributed by atoms with Crippen molar-refractivity contribution < 1.29 is 14.0 Å². The van der Waals surface area contributed by atoms with Crippen molar-refractivity contribution in [2.75, 3.05) is 0 Å². The van der Waals surface area contributed by atoms with Crippen LogP contribution in [0.15, 0.2) is 64.3 Å². The van der Waals surface area contributed by atoms with Gasteiger partial charge in [0.25, 0.3) is 5.56 Å². The predicted octanol–water partition coefficient (Wildman–Crippen LogP) is 3.05. The summed E-state index contributed by atoms with van der Waals surface area (Å²) in [5.74, 6) is -0.0583. The van der Waals surface area contributed by atoms with Crippen LogP contribution in [0.1, 0.15) is 11.3 Å². The normalized spacial score (nSPS) is 10.8. The summed E-state index contributed by atoms with van der Waals surface area (Å²) >= 11 is 1.44. The summed E-state index contributed by atoms with van der Waals surface area (Å²) in [6.45, 7) is 1.71. The van der Waals surface area contributed by atoms with E-state index in [4.69, 9.17) is 4.42 Å². The number of aromatic nitrogens is 2. The molecule has 0 bridgehead atoms. The van der Waals surface area contributed by atoms with Gasteiger partial charge in [0.15, 0.2) is 0 Å². The van der Waals surface area contributed by atoms with Gasteiger partial charge < -0.3 is 9.73 Å². The molecule has 0 spiro atoms. The number of hydrogen-bond acceptors (Lipinski definition) is 6. The first-order valence-corrected chi connectivity index (χ1v) is 9.98. The average molecular weight is 422 g/mol. The third-order valence-corrected chi connectivity index (χ3v) is 5.77. The maximum absolute atomic E-state index is 12.9. The van der Waals surface area contributed by atoms with E-state index < -0.39 is 11.9 Å². The molecule has 0 atom stereocenters. The van der Waals surface area contributed by atoms with Crippen LogP contribution in [0.2, 0.25) is 0 Å². The molecule has 0 aliphatic heterocycles. The summed E-state index contributed by atoms with van der Waals surface area (Å²) in [4.78, 5) is 42.9. The van der Waals surface area contributed by atoms with Gasteiger partial charge in [-0.1, -0.05) is 30.3 Å². The van der Waals surface area contributed by atoms with E-state index in [1.54, 1.807) is 12.1 Å². The Kier molecular flexibility index (Phi) is 5.44. The first kappa shape index (κ1) is 19.6. The van der Waals surface area contributed by atoms with Crippen LogP contribution >= 0.6 is 11.3 Å². The number of benzene rings is 1. The van der Waals surface area contributed by atoms with Gasteiger partial charge in [0, 0.05) is 4.88 Å². The summed E-state index contributed by atoms with van der Waals surface area (Å²) in [7, 11) is 0. The third-order valence-electron chi connectivity index (χ3n) is 4.52. The van der Waals surface area contributed by atoms with Crippen LogP contribution in [-0.2, 0) is 17.9 Å². The van der Waals surface area contributed by atoms with Crippen LogP contribution in [0.5, 0.6) is 0 Å². The van der Waals surface area contributed by atoms with Gasteiger partial charge in [-0.2, -0.15) is 0 Å². The van der Waals surface area contributed by atoms with Crippen molar-refractivity contribution in [3.63, 3.8) is 0 Å². The lowest BCUT2D eigenvalue weighted by atomic mass is 10.1. The second kappa shape index (κ2) is 8.34. The number of nitrogens with zero attached hydrogens (tertiary/aromatic N) is 2. The van der Waals surface area contributed by atoms with Crippen molar-refractivity contribution in [1.29, 1.82) is 0 Å². The van der Waals surface area contributed by atoms with Crippen molar-refractivity contribution >= 4 is 33.5 Å². The second-order valence-electron chi connectivity index (χ2n) is 6.59. The smallest absolute Gasteiger partial charge is 0.321 e. The molecule has 0 radical (unpaired) electrons. The second-order valence-corrected chi connectivity index (χ2v) is 7.59. The van der Waals surface area contributed by atoms with Crippen LogP contribution in [0.25, 0.3) is 20.7 Å². The number of hydrogen-bond donors (Lipinski definition) is 2. The topological polar surface area (TPSA) is 106 Å². The minimum atomic E-state index is -0.670. The quantitative estimate of drug-likeness (QED) is 0.514. The maximum Gasteiger partial charge on any atom is 0.321 e. The molecule has 2 N–H and O–H groups in total. The number of carbonyl (C=O) groups excluding carboxylic acids is 2. The highest BCUT2D eigenvalue weighted by molar-refractivity contribution is 7.22. The van der Waals surface area contributed by atoms with E-state index in [1.807, 2.05) is 37.3 Å². The van der Waals surface area contributed by atoms with Crippen molar-refractivity contribution in [3.05, 3.63) is 76.7 Å². The molecule has 152 valence electrons. The van der Waals surface area contributed by atoms with Crippen molar-refractivity contribution in [2.24, 2.45) is 0 Å². The summed E-state index contributed by atoms with van der Waals surface area (Å²) in [5, 5.41) is 5.19. The molecule has 0 unspecified atom stereocenters. The lowest BCUT2D eigenvalue weighted by Gasteiger charge is -2.07. The third kappa shape index (κ3) is 4.01. The Balaban J connectivity index is 1.50. The van der Waals surface area contributed by atoms with E-state index in [9.17, 15) is 14.4 Å². The SMILES string of the molecule is Cc1c(-c2ccccc2)sc2ncn(CC(=O)NC(=O)NCc3ccco3)c(=O)c12. The Morgan fingerprint density at radius 2 is 1.97 bits per heavy atom. The number of amides is 3. The molecule has 30 heavy (non-hydrogen) atoms. The van der Waals surface area contributed by atoms with Gasteiger partial charge in [-0.05, 0) is 30.2 Å². The Bertz CT molecular complexity index is 1260. The van der Waals surface area contributed by atoms with Crippen molar-refractivity contribution in [3.8, 4) is 10.4 Å². The molecule has 3 amide bonds. The Hall–Kier alpha value is -3.72. The highest BCUT2D eigenvalue weighted by atomic mass is 32.1. The largest absolute Gasteiger partial charge is 0.467 e. The van der Waals surface area contributed by atoms with Crippen LogP contribution in [0, 0.1) is 6.92 Å². The lowest BCUT2D eigenvalue weighted by molar-refractivity contribution is -0.120. The van der Waals surface area contributed by atoms with Crippen molar-refractivity contribution in [1.82, 2.24) is 20.2 Å². The Morgan fingerprint density at radius 1 is 1.17 bits per heavy atom. The molecule has 0 aliphatic carbocycles. The maximum atomic E-state index is 12.9. The summed E-state index contributed by atoms with van der Waals surface area (Å²) < 4.78 is 6.31. The molecular formula is C21H18N4O4S. The zero-order chi connectivity index (χ0) is 21.1. The number of imide groups is 1. The molecule has 0 saturated carbocycles.